The first-order chi connectivity index (χ1) is 6.85. The molecular formula is C8H9N3O2S. The van der Waals surface area contributed by atoms with E-state index in [9.17, 15) is 0 Å². The highest BCUT2D eigenvalue weighted by molar-refractivity contribution is 7.07. The molecule has 0 aliphatic carbocycles. The molecule has 0 radical (unpaired) electrons. The van der Waals surface area contributed by atoms with Crippen LogP contribution < -0.4 is 10.5 Å². The third-order valence-corrected chi connectivity index (χ3v) is 2.26. The molecule has 0 saturated carbocycles. The average molecular weight is 211 g/mol. The largest absolute Gasteiger partial charge is 0.478 e. The SMILES string of the molecule is COc1nc(CN)oc1-c1cscn1. The second-order valence-electron chi connectivity index (χ2n) is 2.52. The fraction of sp³-hybridized carbons (Fsp3) is 0.250. The van der Waals surface area contributed by atoms with Gasteiger partial charge in [-0.25, -0.2) is 4.98 Å². The van der Waals surface area contributed by atoms with E-state index in [0.717, 1.165) is 5.69 Å². The average Bonchev–Trinajstić information content (AvgIpc) is 2.85. The van der Waals surface area contributed by atoms with Crippen molar-refractivity contribution in [3.63, 3.8) is 0 Å². The van der Waals surface area contributed by atoms with Crippen LogP contribution in [0, 0.1) is 0 Å². The lowest BCUT2D eigenvalue weighted by atomic mass is 10.4. The van der Waals surface area contributed by atoms with Gasteiger partial charge in [-0.3, -0.25) is 0 Å². The minimum Gasteiger partial charge on any atom is -0.478 e. The molecule has 2 heterocycles. The zero-order valence-electron chi connectivity index (χ0n) is 7.56. The summed E-state index contributed by atoms with van der Waals surface area (Å²) in [6.45, 7) is 0.250. The maximum atomic E-state index is 5.41. The number of nitrogens with two attached hydrogens (primary N) is 1. The molecule has 6 heteroatoms. The Morgan fingerprint density at radius 2 is 2.50 bits per heavy atom. The van der Waals surface area contributed by atoms with Gasteiger partial charge in [0.15, 0.2) is 0 Å². The summed E-state index contributed by atoms with van der Waals surface area (Å²) in [5.41, 5.74) is 7.85. The highest BCUT2D eigenvalue weighted by atomic mass is 32.1. The lowest BCUT2D eigenvalue weighted by Gasteiger charge is -1.93. The Balaban J connectivity index is 2.46. The van der Waals surface area contributed by atoms with Crippen LogP contribution in [0.2, 0.25) is 0 Å². The fourth-order valence-electron chi connectivity index (χ4n) is 1.06. The van der Waals surface area contributed by atoms with Crippen molar-refractivity contribution in [3.05, 3.63) is 16.8 Å². The summed E-state index contributed by atoms with van der Waals surface area (Å²) in [5.74, 6) is 1.41. The topological polar surface area (TPSA) is 74.2 Å². The molecule has 74 valence electrons. The van der Waals surface area contributed by atoms with Gasteiger partial charge in [0.25, 0.3) is 5.88 Å². The maximum absolute atomic E-state index is 5.41. The molecule has 14 heavy (non-hydrogen) atoms. The van der Waals surface area contributed by atoms with Crippen LogP contribution in [0.1, 0.15) is 5.89 Å². The van der Waals surface area contributed by atoms with Gasteiger partial charge in [0.2, 0.25) is 11.7 Å². The van der Waals surface area contributed by atoms with Crippen molar-refractivity contribution in [2.45, 2.75) is 6.54 Å². The van der Waals surface area contributed by atoms with E-state index < -0.39 is 0 Å². The van der Waals surface area contributed by atoms with E-state index >= 15 is 0 Å². The summed E-state index contributed by atoms with van der Waals surface area (Å²) in [6.07, 6.45) is 0. The van der Waals surface area contributed by atoms with Gasteiger partial charge in [0.1, 0.15) is 5.69 Å². The van der Waals surface area contributed by atoms with Crippen molar-refractivity contribution in [3.8, 4) is 17.3 Å². The number of aromatic nitrogens is 2. The molecule has 2 aromatic rings. The van der Waals surface area contributed by atoms with E-state index in [2.05, 4.69) is 9.97 Å². The van der Waals surface area contributed by atoms with Crippen LogP contribution in [0.3, 0.4) is 0 Å². The van der Waals surface area contributed by atoms with Crippen molar-refractivity contribution in [2.75, 3.05) is 7.11 Å². The fourth-order valence-corrected chi connectivity index (χ4v) is 1.59. The van der Waals surface area contributed by atoms with Gasteiger partial charge in [-0.2, -0.15) is 4.98 Å². The zero-order chi connectivity index (χ0) is 9.97. The molecule has 5 nitrogen and oxygen atoms in total. The van der Waals surface area contributed by atoms with Crippen LogP contribution in [0.4, 0.5) is 0 Å². The molecule has 2 N–H and O–H groups in total. The number of methoxy groups -OCH3 is 1. The van der Waals surface area contributed by atoms with Crippen LogP contribution in [-0.2, 0) is 6.54 Å². The van der Waals surface area contributed by atoms with Crippen molar-refractivity contribution >= 4 is 11.3 Å². The third-order valence-electron chi connectivity index (χ3n) is 1.67. The zero-order valence-corrected chi connectivity index (χ0v) is 8.37. The first kappa shape index (κ1) is 9.17. The second-order valence-corrected chi connectivity index (χ2v) is 3.24. The number of hydrogen-bond acceptors (Lipinski definition) is 6. The Labute approximate surface area is 84.5 Å². The number of rotatable bonds is 3. The predicted molar refractivity (Wildman–Crippen MR) is 52.1 cm³/mol. The lowest BCUT2D eigenvalue weighted by Crippen LogP contribution is -1.95. The van der Waals surface area contributed by atoms with Gasteiger partial charge in [0, 0.05) is 5.38 Å². The first-order valence-corrected chi connectivity index (χ1v) is 4.91. The quantitative estimate of drug-likeness (QED) is 0.827. The molecule has 0 spiro atoms. The van der Waals surface area contributed by atoms with Crippen LogP contribution in [0.5, 0.6) is 5.88 Å². The van der Waals surface area contributed by atoms with E-state index in [-0.39, 0.29) is 6.54 Å². The Morgan fingerprint density at radius 3 is 3.07 bits per heavy atom. The summed E-state index contributed by atoms with van der Waals surface area (Å²) < 4.78 is 10.4. The summed E-state index contributed by atoms with van der Waals surface area (Å²) in [5, 5.41) is 1.86. The maximum Gasteiger partial charge on any atom is 0.262 e. The molecule has 0 bridgehead atoms. The van der Waals surface area contributed by atoms with Crippen LogP contribution in [-0.4, -0.2) is 17.1 Å². The minimum absolute atomic E-state index is 0.250. The summed E-state index contributed by atoms with van der Waals surface area (Å²) in [6, 6.07) is 0. The number of ether oxygens (including phenoxy) is 1. The molecule has 2 rings (SSSR count). The van der Waals surface area contributed by atoms with E-state index in [1.165, 1.54) is 18.4 Å². The van der Waals surface area contributed by atoms with Gasteiger partial charge in [0.05, 0.1) is 19.2 Å². The normalized spacial score (nSPS) is 10.4. The summed E-state index contributed by atoms with van der Waals surface area (Å²) in [4.78, 5) is 8.16. The summed E-state index contributed by atoms with van der Waals surface area (Å²) in [7, 11) is 1.54. The van der Waals surface area contributed by atoms with Gasteiger partial charge >= 0.3 is 0 Å². The van der Waals surface area contributed by atoms with E-state index in [0.29, 0.717) is 17.5 Å². The molecule has 0 amide bonds. The van der Waals surface area contributed by atoms with Crippen molar-refractivity contribution in [2.24, 2.45) is 5.73 Å². The molecular weight excluding hydrogens is 202 g/mol. The van der Waals surface area contributed by atoms with Gasteiger partial charge in [-0.05, 0) is 0 Å². The number of hydrogen-bond donors (Lipinski definition) is 1. The lowest BCUT2D eigenvalue weighted by molar-refractivity contribution is 0.398. The molecule has 0 aliphatic heterocycles. The van der Waals surface area contributed by atoms with Gasteiger partial charge in [-0.15, -0.1) is 11.3 Å². The molecule has 0 atom stereocenters. The second kappa shape index (κ2) is 3.77. The van der Waals surface area contributed by atoms with E-state index in [4.69, 9.17) is 14.9 Å². The number of oxazole rings is 1. The Bertz CT molecular complexity index is 410. The van der Waals surface area contributed by atoms with Crippen LogP contribution >= 0.6 is 11.3 Å². The monoisotopic (exact) mass is 211 g/mol. The Hall–Kier alpha value is -1.40. The molecule has 0 aromatic carbocycles. The molecule has 0 saturated heterocycles. The third kappa shape index (κ3) is 1.49. The Kier molecular flexibility index (Phi) is 2.47. The number of thiazole rings is 1. The highest BCUT2D eigenvalue weighted by Crippen LogP contribution is 2.29. The summed E-state index contributed by atoms with van der Waals surface area (Å²) >= 11 is 1.48. The predicted octanol–water partition coefficient (Wildman–Crippen LogP) is 1.27. The van der Waals surface area contributed by atoms with E-state index in [1.54, 1.807) is 5.51 Å². The van der Waals surface area contributed by atoms with Crippen LogP contribution in [0.25, 0.3) is 11.5 Å². The van der Waals surface area contributed by atoms with Crippen LogP contribution in [0.15, 0.2) is 15.3 Å². The van der Waals surface area contributed by atoms with Crippen molar-refractivity contribution < 1.29 is 9.15 Å². The van der Waals surface area contributed by atoms with Crippen molar-refractivity contribution in [1.29, 1.82) is 0 Å². The van der Waals surface area contributed by atoms with Crippen molar-refractivity contribution in [1.82, 2.24) is 9.97 Å². The smallest absolute Gasteiger partial charge is 0.262 e. The minimum atomic E-state index is 0.250. The number of nitrogens with zero attached hydrogens (tertiary/aromatic N) is 2. The Morgan fingerprint density at radius 1 is 1.64 bits per heavy atom. The molecule has 0 unspecified atom stereocenters. The molecule has 0 fully saturated rings. The first-order valence-electron chi connectivity index (χ1n) is 3.97. The molecule has 0 aliphatic rings. The van der Waals surface area contributed by atoms with E-state index in [1.807, 2.05) is 5.38 Å². The van der Waals surface area contributed by atoms with Gasteiger partial charge < -0.3 is 14.9 Å². The highest BCUT2D eigenvalue weighted by Gasteiger charge is 2.16. The standard InChI is InChI=1S/C8H9N3O2S/c1-12-8-7(5-3-14-4-10-5)13-6(2-9)11-8/h3-4H,2,9H2,1H3. The van der Waals surface area contributed by atoms with Gasteiger partial charge in [-0.1, -0.05) is 0 Å². The molecule has 2 aromatic heterocycles.